The molecule has 0 spiro atoms. The molecule has 0 fully saturated rings. The molecule has 0 atom stereocenters. The van der Waals surface area contributed by atoms with Crippen LogP contribution in [0.1, 0.15) is 16.7 Å². The van der Waals surface area contributed by atoms with Crippen LogP contribution in [0.4, 0.5) is 0 Å². The first-order valence-corrected chi connectivity index (χ1v) is 15.6. The van der Waals surface area contributed by atoms with Crippen LogP contribution in [0.2, 0.25) is 0 Å². The van der Waals surface area contributed by atoms with Crippen molar-refractivity contribution in [3.8, 4) is 0 Å². The zero-order chi connectivity index (χ0) is 31.2. The first-order valence-electron chi connectivity index (χ1n) is 15.6. The molecule has 0 aliphatic heterocycles. The molecule has 0 bridgehead atoms. The fourth-order valence-electron chi connectivity index (χ4n) is 6.99. The van der Waals surface area contributed by atoms with Crippen LogP contribution in [0.15, 0.2) is 127 Å². The third-order valence-corrected chi connectivity index (χ3v) is 9.27. The number of para-hydroxylation sites is 4. The van der Waals surface area contributed by atoms with E-state index in [-0.39, 0.29) is 0 Å². The van der Waals surface area contributed by atoms with E-state index in [1.54, 1.807) is 0 Å². The predicted molar refractivity (Wildman–Crippen MR) is 195 cm³/mol. The average Bonchev–Trinajstić information content (AvgIpc) is 3.63. The minimum Gasteiger partial charge on any atom is -0.344 e. The lowest BCUT2D eigenvalue weighted by atomic mass is 10.1. The van der Waals surface area contributed by atoms with Gasteiger partial charge in [-0.1, -0.05) is 96.6 Å². The molecule has 0 aliphatic carbocycles. The lowest BCUT2D eigenvalue weighted by Crippen LogP contribution is -1.88. The Balaban J connectivity index is 0.000000108. The minimum atomic E-state index is 1.30. The van der Waals surface area contributed by atoms with Gasteiger partial charge in [-0.3, -0.25) is 0 Å². The highest BCUT2D eigenvalue weighted by molar-refractivity contribution is 6.10. The summed E-state index contributed by atoms with van der Waals surface area (Å²) >= 11 is 0. The van der Waals surface area contributed by atoms with Crippen LogP contribution in [0.5, 0.6) is 0 Å². The highest BCUT2D eigenvalue weighted by Crippen LogP contribution is 2.31. The van der Waals surface area contributed by atoms with Gasteiger partial charge in [0.2, 0.25) is 0 Å². The van der Waals surface area contributed by atoms with Gasteiger partial charge in [0.25, 0.3) is 0 Å². The summed E-state index contributed by atoms with van der Waals surface area (Å²) in [6, 6.07) is 45.4. The molecule has 3 aromatic heterocycles. The summed E-state index contributed by atoms with van der Waals surface area (Å²) in [7, 11) is 6.39. The quantitative estimate of drug-likeness (QED) is 0.168. The highest BCUT2D eigenvalue weighted by atomic mass is 14.9. The largest absolute Gasteiger partial charge is 0.344 e. The summed E-state index contributed by atoms with van der Waals surface area (Å²) in [4.78, 5) is 0. The fraction of sp³-hybridized carbons (Fsp3) is 0.143. The average molecular weight is 586 g/mol. The molecule has 3 heteroatoms. The van der Waals surface area contributed by atoms with Gasteiger partial charge in [-0.15, -0.1) is 0 Å². The van der Waals surface area contributed by atoms with Crippen LogP contribution in [-0.2, 0) is 21.1 Å². The number of hydrogen-bond donors (Lipinski definition) is 0. The topological polar surface area (TPSA) is 14.8 Å². The fourth-order valence-corrected chi connectivity index (χ4v) is 6.99. The third-order valence-electron chi connectivity index (χ3n) is 9.27. The van der Waals surface area contributed by atoms with Gasteiger partial charge in [0.05, 0.1) is 5.52 Å². The molecular weight excluding hydrogens is 546 g/mol. The van der Waals surface area contributed by atoms with Gasteiger partial charge in [-0.05, 0) is 68.3 Å². The summed E-state index contributed by atoms with van der Waals surface area (Å²) in [6.45, 7) is 6.44. The van der Waals surface area contributed by atoms with E-state index >= 15 is 0 Å². The van der Waals surface area contributed by atoms with E-state index in [1.807, 2.05) is 0 Å². The van der Waals surface area contributed by atoms with Crippen molar-refractivity contribution in [3.05, 3.63) is 144 Å². The number of benzene rings is 6. The number of fused-ring (bicyclic) bond motifs is 9. The number of nitrogens with zero attached hydrogens (tertiary/aromatic N) is 3. The lowest BCUT2D eigenvalue weighted by molar-refractivity contribution is 1.01. The van der Waals surface area contributed by atoms with E-state index in [1.165, 1.54) is 82.1 Å². The molecule has 0 aliphatic rings. The SMILES string of the molecule is Cc1ccc2c(c1)c1ccccc1n2C.Cc1ccc2c3ccccc3n(C)c2c1.Cc1cccc2c3ccccc3n(C)c12. The summed E-state index contributed by atoms with van der Waals surface area (Å²) in [5.41, 5.74) is 11.9. The summed E-state index contributed by atoms with van der Waals surface area (Å²) in [5, 5.41) is 8.09. The number of aromatic nitrogens is 3. The molecule has 45 heavy (non-hydrogen) atoms. The highest BCUT2D eigenvalue weighted by Gasteiger charge is 2.09. The Kier molecular flexibility index (Phi) is 7.17. The molecular formula is C42H39N3. The maximum absolute atomic E-state index is 2.28. The Labute approximate surface area is 264 Å². The maximum atomic E-state index is 2.28. The summed E-state index contributed by atoms with van der Waals surface area (Å²) < 4.78 is 6.79. The van der Waals surface area contributed by atoms with Crippen molar-refractivity contribution in [2.75, 3.05) is 0 Å². The van der Waals surface area contributed by atoms with Gasteiger partial charge in [0.1, 0.15) is 0 Å². The van der Waals surface area contributed by atoms with E-state index in [0.717, 1.165) is 0 Å². The first-order chi connectivity index (χ1) is 21.8. The van der Waals surface area contributed by atoms with Crippen molar-refractivity contribution < 1.29 is 0 Å². The molecule has 0 unspecified atom stereocenters. The lowest BCUT2D eigenvalue weighted by Gasteiger charge is -2.00. The number of aryl methyl sites for hydroxylation is 6. The van der Waals surface area contributed by atoms with Crippen LogP contribution in [-0.4, -0.2) is 13.7 Å². The Morgan fingerprint density at radius 3 is 1.44 bits per heavy atom. The van der Waals surface area contributed by atoms with Crippen LogP contribution >= 0.6 is 0 Å². The van der Waals surface area contributed by atoms with Gasteiger partial charge >= 0.3 is 0 Å². The maximum Gasteiger partial charge on any atom is 0.0518 e. The Hall–Kier alpha value is -5.28. The second-order valence-electron chi connectivity index (χ2n) is 12.2. The molecule has 9 rings (SSSR count). The second-order valence-corrected chi connectivity index (χ2v) is 12.2. The predicted octanol–water partition coefficient (Wildman–Crippen LogP) is 10.9. The second kappa shape index (κ2) is 11.3. The van der Waals surface area contributed by atoms with Crippen molar-refractivity contribution in [1.82, 2.24) is 13.7 Å². The molecule has 0 radical (unpaired) electrons. The first kappa shape index (κ1) is 28.5. The standard InChI is InChI=1S/3C14H13N/c1-10-6-5-8-12-11-7-3-4-9-13(11)15(2)14(10)12;1-10-7-8-14-12(9-10)11-5-3-4-6-13(11)15(14)2;1-10-7-8-12-11-5-3-4-6-13(11)15(2)14(12)9-10/h3*3-9H,1-2H3. The van der Waals surface area contributed by atoms with Crippen LogP contribution in [0.25, 0.3) is 65.4 Å². The van der Waals surface area contributed by atoms with Gasteiger partial charge in [-0.2, -0.15) is 0 Å². The molecule has 3 nitrogen and oxygen atoms in total. The smallest absolute Gasteiger partial charge is 0.0518 e. The van der Waals surface area contributed by atoms with E-state index in [2.05, 4.69) is 183 Å². The van der Waals surface area contributed by atoms with Crippen LogP contribution in [0.3, 0.4) is 0 Å². The van der Waals surface area contributed by atoms with Crippen molar-refractivity contribution >= 4 is 65.4 Å². The Morgan fingerprint density at radius 1 is 0.333 bits per heavy atom. The third kappa shape index (κ3) is 4.85. The number of rotatable bonds is 0. The zero-order valence-corrected chi connectivity index (χ0v) is 27.0. The molecule has 0 saturated carbocycles. The van der Waals surface area contributed by atoms with Crippen molar-refractivity contribution in [2.45, 2.75) is 20.8 Å². The normalized spacial score (nSPS) is 11.3. The Bertz CT molecular complexity index is 2480. The van der Waals surface area contributed by atoms with E-state index in [9.17, 15) is 0 Å². The molecule has 6 aromatic carbocycles. The van der Waals surface area contributed by atoms with Gasteiger partial charge < -0.3 is 13.7 Å². The molecule has 9 aromatic rings. The van der Waals surface area contributed by atoms with E-state index in [0.29, 0.717) is 0 Å². The zero-order valence-electron chi connectivity index (χ0n) is 27.0. The van der Waals surface area contributed by atoms with Crippen LogP contribution in [0, 0.1) is 20.8 Å². The summed E-state index contributed by atoms with van der Waals surface area (Å²) in [6.07, 6.45) is 0. The van der Waals surface area contributed by atoms with Crippen molar-refractivity contribution in [2.24, 2.45) is 21.1 Å². The van der Waals surface area contributed by atoms with Gasteiger partial charge in [-0.25, -0.2) is 0 Å². The minimum absolute atomic E-state index is 1.30. The molecule has 0 N–H and O–H groups in total. The van der Waals surface area contributed by atoms with Gasteiger partial charge in [0, 0.05) is 81.0 Å². The van der Waals surface area contributed by atoms with E-state index in [4.69, 9.17) is 0 Å². The van der Waals surface area contributed by atoms with Gasteiger partial charge in [0.15, 0.2) is 0 Å². The monoisotopic (exact) mass is 585 g/mol. The molecule has 0 amide bonds. The molecule has 222 valence electrons. The molecule has 0 saturated heterocycles. The summed E-state index contributed by atoms with van der Waals surface area (Å²) in [5.74, 6) is 0. The van der Waals surface area contributed by atoms with Crippen molar-refractivity contribution in [1.29, 1.82) is 0 Å². The Morgan fingerprint density at radius 2 is 0.778 bits per heavy atom. The van der Waals surface area contributed by atoms with E-state index < -0.39 is 0 Å². The van der Waals surface area contributed by atoms with Crippen LogP contribution < -0.4 is 0 Å². The number of hydrogen-bond acceptors (Lipinski definition) is 0. The van der Waals surface area contributed by atoms with Crippen molar-refractivity contribution in [3.63, 3.8) is 0 Å². The molecule has 3 heterocycles.